The predicted octanol–water partition coefficient (Wildman–Crippen LogP) is 2.83. The summed E-state index contributed by atoms with van der Waals surface area (Å²) < 4.78 is 12.7. The Morgan fingerprint density at radius 3 is 1.24 bits per heavy atom. The molecule has 0 saturated carbocycles. The summed E-state index contributed by atoms with van der Waals surface area (Å²) in [5, 5.41) is 26.3. The molecule has 0 fully saturated rings. The maximum atomic E-state index is 12.7. The summed E-state index contributed by atoms with van der Waals surface area (Å²) in [6.45, 7) is 5.17. The maximum Gasteiger partial charge on any atom is 0.0915 e. The Kier molecular flexibility index (Phi) is 6.57. The third-order valence-electron chi connectivity index (χ3n) is 2.48. The lowest BCUT2D eigenvalue weighted by atomic mass is 10.2. The highest BCUT2D eigenvalue weighted by atomic mass is 31.2. The Bertz CT molecular complexity index is 351. The lowest BCUT2D eigenvalue weighted by molar-refractivity contribution is 0.559. The van der Waals surface area contributed by atoms with E-state index in [0.29, 0.717) is 18.5 Å². The molecule has 0 bridgehead atoms. The van der Waals surface area contributed by atoms with Gasteiger partial charge in [0.1, 0.15) is 0 Å². The monoisotopic (exact) mass is 251 g/mol. The molecular formula is C12H18N3OP. The van der Waals surface area contributed by atoms with Crippen molar-refractivity contribution >= 4 is 7.14 Å². The molecule has 92 valence electrons. The zero-order valence-electron chi connectivity index (χ0n) is 10.6. The summed E-state index contributed by atoms with van der Waals surface area (Å²) in [5.74, 6) is -0.882. The van der Waals surface area contributed by atoms with Gasteiger partial charge in [-0.25, -0.2) is 0 Å². The average Bonchev–Trinajstić information content (AvgIpc) is 2.27. The second-order valence-corrected chi connectivity index (χ2v) is 7.91. The summed E-state index contributed by atoms with van der Waals surface area (Å²) in [5.41, 5.74) is 0. The number of rotatable bonds is 6. The van der Waals surface area contributed by atoms with Gasteiger partial charge in [0.25, 0.3) is 0 Å². The van der Waals surface area contributed by atoms with E-state index in [1.54, 1.807) is 20.8 Å². The van der Waals surface area contributed by atoms with Crippen LogP contribution in [0, 0.1) is 51.7 Å². The van der Waals surface area contributed by atoms with Gasteiger partial charge in [-0.15, -0.1) is 0 Å². The maximum absolute atomic E-state index is 12.7. The first kappa shape index (κ1) is 15.7. The number of hydrogen-bond acceptors (Lipinski definition) is 4. The van der Waals surface area contributed by atoms with Crippen LogP contribution in [0.2, 0.25) is 0 Å². The molecule has 0 rings (SSSR count). The summed E-state index contributed by atoms with van der Waals surface area (Å²) in [7, 11) is -2.60. The third kappa shape index (κ3) is 6.11. The van der Waals surface area contributed by atoms with Crippen LogP contribution in [0.1, 0.15) is 20.8 Å². The molecule has 3 atom stereocenters. The van der Waals surface area contributed by atoms with Crippen LogP contribution in [0.15, 0.2) is 0 Å². The molecule has 0 aliphatic carbocycles. The molecule has 0 amide bonds. The second-order valence-electron chi connectivity index (χ2n) is 4.70. The first-order chi connectivity index (χ1) is 7.86. The van der Waals surface area contributed by atoms with Gasteiger partial charge in [0.05, 0.1) is 43.1 Å². The van der Waals surface area contributed by atoms with E-state index in [9.17, 15) is 4.57 Å². The van der Waals surface area contributed by atoms with Crippen LogP contribution in [-0.2, 0) is 4.57 Å². The molecule has 0 heterocycles. The van der Waals surface area contributed by atoms with Crippen molar-refractivity contribution in [3.63, 3.8) is 0 Å². The van der Waals surface area contributed by atoms with Crippen molar-refractivity contribution in [3.05, 3.63) is 0 Å². The molecule has 0 spiro atoms. The molecule has 0 aromatic rings. The molecular weight excluding hydrogens is 233 g/mol. The molecule has 5 heteroatoms. The topological polar surface area (TPSA) is 88.4 Å². The van der Waals surface area contributed by atoms with Gasteiger partial charge in [-0.05, 0) is 20.8 Å². The van der Waals surface area contributed by atoms with E-state index in [2.05, 4.69) is 18.2 Å². The smallest absolute Gasteiger partial charge is 0.0915 e. The lowest BCUT2D eigenvalue weighted by Crippen LogP contribution is -2.13. The van der Waals surface area contributed by atoms with Crippen molar-refractivity contribution < 1.29 is 4.57 Å². The van der Waals surface area contributed by atoms with E-state index in [0.717, 1.165) is 0 Å². The summed E-state index contributed by atoms with van der Waals surface area (Å²) in [4.78, 5) is 0. The van der Waals surface area contributed by atoms with Crippen molar-refractivity contribution in [1.82, 2.24) is 0 Å². The van der Waals surface area contributed by atoms with E-state index in [1.165, 1.54) is 0 Å². The van der Waals surface area contributed by atoms with Crippen LogP contribution in [-0.4, -0.2) is 18.5 Å². The van der Waals surface area contributed by atoms with Gasteiger partial charge in [0.15, 0.2) is 0 Å². The van der Waals surface area contributed by atoms with E-state index in [4.69, 9.17) is 15.8 Å². The van der Waals surface area contributed by atoms with Crippen LogP contribution in [0.25, 0.3) is 0 Å². The van der Waals surface area contributed by atoms with Crippen molar-refractivity contribution in [2.24, 2.45) is 17.8 Å². The number of nitrogens with zero attached hydrogens (tertiary/aromatic N) is 3. The highest BCUT2D eigenvalue weighted by molar-refractivity contribution is 7.64. The number of nitriles is 3. The van der Waals surface area contributed by atoms with Crippen molar-refractivity contribution in [3.8, 4) is 18.2 Å². The molecule has 17 heavy (non-hydrogen) atoms. The second kappa shape index (κ2) is 7.11. The Labute approximate surface area is 103 Å². The fourth-order valence-corrected chi connectivity index (χ4v) is 5.53. The van der Waals surface area contributed by atoms with Gasteiger partial charge in [0.2, 0.25) is 0 Å². The first-order valence-corrected chi connectivity index (χ1v) is 7.89. The highest BCUT2D eigenvalue weighted by Crippen LogP contribution is 2.50. The fourth-order valence-electron chi connectivity index (χ4n) is 1.84. The van der Waals surface area contributed by atoms with Gasteiger partial charge in [0, 0.05) is 18.5 Å². The number of hydrogen-bond donors (Lipinski definition) is 0. The highest BCUT2D eigenvalue weighted by Gasteiger charge is 2.29. The van der Waals surface area contributed by atoms with Crippen molar-refractivity contribution in [1.29, 1.82) is 15.8 Å². The minimum Gasteiger partial charge on any atom is -0.323 e. The lowest BCUT2D eigenvalue weighted by Gasteiger charge is -2.21. The molecule has 0 saturated heterocycles. The van der Waals surface area contributed by atoms with Crippen LogP contribution in [0.4, 0.5) is 0 Å². The molecule has 4 nitrogen and oxygen atoms in total. The Hall–Kier alpha value is -1.30. The Morgan fingerprint density at radius 1 is 0.824 bits per heavy atom. The van der Waals surface area contributed by atoms with Gasteiger partial charge in [-0.2, -0.15) is 15.8 Å². The largest absolute Gasteiger partial charge is 0.323 e. The molecule has 0 radical (unpaired) electrons. The van der Waals surface area contributed by atoms with E-state index < -0.39 is 7.14 Å². The predicted molar refractivity (Wildman–Crippen MR) is 66.5 cm³/mol. The molecule has 3 unspecified atom stereocenters. The molecule has 0 aliphatic rings. The van der Waals surface area contributed by atoms with Crippen LogP contribution >= 0.6 is 7.14 Å². The minimum absolute atomic E-state index is 0.294. The molecule has 0 aromatic heterocycles. The normalized spacial score (nSPS) is 18.8. The van der Waals surface area contributed by atoms with Gasteiger partial charge in [-0.1, -0.05) is 0 Å². The molecule has 0 N–H and O–H groups in total. The van der Waals surface area contributed by atoms with Gasteiger partial charge < -0.3 is 4.57 Å². The molecule has 0 aliphatic heterocycles. The van der Waals surface area contributed by atoms with E-state index in [1.807, 2.05) is 0 Å². The fraction of sp³-hybridized carbons (Fsp3) is 0.750. The first-order valence-electron chi connectivity index (χ1n) is 5.62. The van der Waals surface area contributed by atoms with Crippen molar-refractivity contribution in [2.75, 3.05) is 18.5 Å². The van der Waals surface area contributed by atoms with E-state index >= 15 is 0 Å². The minimum atomic E-state index is -2.60. The van der Waals surface area contributed by atoms with Crippen molar-refractivity contribution in [2.45, 2.75) is 20.8 Å². The zero-order chi connectivity index (χ0) is 13.5. The van der Waals surface area contributed by atoms with Crippen LogP contribution in [0.5, 0.6) is 0 Å². The zero-order valence-corrected chi connectivity index (χ0v) is 11.4. The van der Waals surface area contributed by atoms with E-state index in [-0.39, 0.29) is 17.8 Å². The Balaban J connectivity index is 4.84. The molecule has 0 aromatic carbocycles. The standard InChI is InChI=1S/C12H18N3OP/c1-10(4-13)7-17(16,8-11(2)5-14)9-12(3)6-15/h10-12H,7-9H2,1-3H3. The average molecular weight is 251 g/mol. The quantitative estimate of drug-likeness (QED) is 0.679. The summed E-state index contributed by atoms with van der Waals surface area (Å²) in [6, 6.07) is 6.20. The SMILES string of the molecule is CC(C#N)CP(=O)(CC(C)C#N)CC(C)C#N. The van der Waals surface area contributed by atoms with Gasteiger partial charge >= 0.3 is 0 Å². The van der Waals surface area contributed by atoms with Crippen LogP contribution < -0.4 is 0 Å². The summed E-state index contributed by atoms with van der Waals surface area (Å²) in [6.07, 6.45) is 0.921. The van der Waals surface area contributed by atoms with Gasteiger partial charge in [-0.3, -0.25) is 0 Å². The van der Waals surface area contributed by atoms with Crippen LogP contribution in [0.3, 0.4) is 0 Å². The third-order valence-corrected chi connectivity index (χ3v) is 6.12. The Morgan fingerprint density at radius 2 is 1.06 bits per heavy atom. The summed E-state index contributed by atoms with van der Waals surface area (Å²) >= 11 is 0.